The summed E-state index contributed by atoms with van der Waals surface area (Å²) in [5.41, 5.74) is 0.461. The molecule has 1 aliphatic rings. The first kappa shape index (κ1) is 10.5. The van der Waals surface area contributed by atoms with Crippen molar-refractivity contribution in [1.29, 1.82) is 0 Å². The second-order valence-electron chi connectivity index (χ2n) is 2.90. The van der Waals surface area contributed by atoms with Gasteiger partial charge in [0.1, 0.15) is 5.75 Å². The molecule has 3 nitrogen and oxygen atoms in total. The van der Waals surface area contributed by atoms with Crippen LogP contribution in [0, 0.1) is 12.3 Å². The topological polar surface area (TPSA) is 38.3 Å². The summed E-state index contributed by atoms with van der Waals surface area (Å²) in [4.78, 5) is 11.6. The largest absolute Gasteiger partial charge is 0.457 e. The fourth-order valence-corrected chi connectivity index (χ4v) is 2.59. The third-order valence-electron chi connectivity index (χ3n) is 1.90. The van der Waals surface area contributed by atoms with Gasteiger partial charge in [-0.25, -0.2) is 0 Å². The number of carbonyl (C=O) groups is 1. The molecule has 1 heterocycles. The van der Waals surface area contributed by atoms with E-state index in [0.717, 1.165) is 4.47 Å². The molecule has 1 aromatic rings. The minimum absolute atomic E-state index is 0.235. The van der Waals surface area contributed by atoms with E-state index in [-0.39, 0.29) is 5.91 Å². The normalized spacial score (nSPS) is 18.5. The second kappa shape index (κ2) is 3.87. The number of ether oxygens (including phenoxy) is 1. The van der Waals surface area contributed by atoms with Gasteiger partial charge in [-0.2, -0.15) is 0 Å². The lowest BCUT2D eigenvalue weighted by Crippen LogP contribution is -2.42. The molecule has 2 rings (SSSR count). The molecule has 0 fully saturated rings. The SMILES string of the molecule is C#CC1NC(=O)c2cc(Br)cc(Br)c2O1. The Morgan fingerprint density at radius 1 is 1.47 bits per heavy atom. The lowest BCUT2D eigenvalue weighted by molar-refractivity contribution is 0.0831. The van der Waals surface area contributed by atoms with Crippen LogP contribution in [0.1, 0.15) is 10.4 Å². The number of hydrogen-bond acceptors (Lipinski definition) is 2. The lowest BCUT2D eigenvalue weighted by Gasteiger charge is -2.24. The molecule has 0 radical (unpaired) electrons. The van der Waals surface area contributed by atoms with Gasteiger partial charge in [0.2, 0.25) is 6.23 Å². The van der Waals surface area contributed by atoms with Gasteiger partial charge in [0.05, 0.1) is 10.0 Å². The number of fused-ring (bicyclic) bond motifs is 1. The van der Waals surface area contributed by atoms with Gasteiger partial charge >= 0.3 is 0 Å². The molecule has 0 spiro atoms. The molecule has 1 aliphatic heterocycles. The van der Waals surface area contributed by atoms with Crippen LogP contribution in [0.2, 0.25) is 0 Å². The highest BCUT2D eigenvalue weighted by atomic mass is 79.9. The molecule has 0 aliphatic carbocycles. The molecule has 1 N–H and O–H groups in total. The number of halogens is 2. The summed E-state index contributed by atoms with van der Waals surface area (Å²) >= 11 is 6.61. The van der Waals surface area contributed by atoms with Gasteiger partial charge in [0.15, 0.2) is 0 Å². The van der Waals surface area contributed by atoms with Crippen LogP contribution in [-0.4, -0.2) is 12.1 Å². The minimum Gasteiger partial charge on any atom is -0.457 e. The van der Waals surface area contributed by atoms with Crippen molar-refractivity contribution in [2.24, 2.45) is 0 Å². The molecule has 1 aromatic carbocycles. The monoisotopic (exact) mass is 329 g/mol. The maximum atomic E-state index is 11.6. The Kier molecular flexibility index (Phi) is 2.72. The number of carbonyl (C=O) groups excluding carboxylic acids is 1. The summed E-state index contributed by atoms with van der Waals surface area (Å²) < 4.78 is 6.90. The molecule has 0 bridgehead atoms. The molecule has 1 atom stereocenters. The third kappa shape index (κ3) is 1.87. The standard InChI is InChI=1S/C10H5Br2NO2/c1-2-8-13-10(14)6-3-5(11)4-7(12)9(6)15-8/h1,3-4,8H,(H,13,14). The Labute approximate surface area is 103 Å². The van der Waals surface area contributed by atoms with Crippen molar-refractivity contribution in [2.75, 3.05) is 0 Å². The molecule has 0 saturated heterocycles. The van der Waals surface area contributed by atoms with Crippen LogP contribution in [-0.2, 0) is 0 Å². The number of benzene rings is 1. The van der Waals surface area contributed by atoms with Crippen LogP contribution in [0.3, 0.4) is 0 Å². The van der Waals surface area contributed by atoms with Crippen molar-refractivity contribution in [1.82, 2.24) is 5.32 Å². The number of terminal acetylenes is 1. The fraction of sp³-hybridized carbons (Fsp3) is 0.100. The highest BCUT2D eigenvalue weighted by Crippen LogP contribution is 2.35. The molecular weight excluding hydrogens is 326 g/mol. The van der Waals surface area contributed by atoms with E-state index in [2.05, 4.69) is 43.1 Å². The summed E-state index contributed by atoms with van der Waals surface area (Å²) in [6, 6.07) is 3.48. The Morgan fingerprint density at radius 2 is 2.20 bits per heavy atom. The predicted molar refractivity (Wildman–Crippen MR) is 62.6 cm³/mol. The van der Waals surface area contributed by atoms with Crippen molar-refractivity contribution >= 4 is 37.8 Å². The molecular formula is C10H5Br2NO2. The summed E-state index contributed by atoms with van der Waals surface area (Å²) in [5.74, 6) is 2.57. The molecule has 0 saturated carbocycles. The van der Waals surface area contributed by atoms with Crippen molar-refractivity contribution in [3.8, 4) is 18.1 Å². The Balaban J connectivity index is 2.56. The van der Waals surface area contributed by atoms with Crippen LogP contribution in [0.15, 0.2) is 21.1 Å². The summed E-state index contributed by atoms with van der Waals surface area (Å²) in [6.07, 6.45) is 4.48. The van der Waals surface area contributed by atoms with Gasteiger partial charge in [-0.3, -0.25) is 4.79 Å². The Bertz CT molecular complexity index is 479. The van der Waals surface area contributed by atoms with E-state index < -0.39 is 6.23 Å². The summed E-state index contributed by atoms with van der Waals surface area (Å²) in [5, 5.41) is 2.54. The minimum atomic E-state index is -0.706. The van der Waals surface area contributed by atoms with Gasteiger partial charge in [-0.1, -0.05) is 15.9 Å². The summed E-state index contributed by atoms with van der Waals surface area (Å²) in [6.45, 7) is 0. The molecule has 76 valence electrons. The van der Waals surface area contributed by atoms with E-state index in [1.165, 1.54) is 0 Å². The quantitative estimate of drug-likeness (QED) is 0.741. The zero-order chi connectivity index (χ0) is 11.0. The molecule has 1 amide bonds. The number of hydrogen-bond donors (Lipinski definition) is 1. The fourth-order valence-electron chi connectivity index (χ4n) is 1.27. The van der Waals surface area contributed by atoms with Crippen molar-refractivity contribution in [2.45, 2.75) is 6.23 Å². The average Bonchev–Trinajstić information content (AvgIpc) is 2.19. The Hall–Kier alpha value is -0.990. The molecule has 0 aromatic heterocycles. The van der Waals surface area contributed by atoms with Crippen molar-refractivity contribution < 1.29 is 9.53 Å². The van der Waals surface area contributed by atoms with Gasteiger partial charge in [0, 0.05) is 4.47 Å². The molecule has 5 heteroatoms. The first-order chi connectivity index (χ1) is 7.11. The number of rotatable bonds is 0. The van der Waals surface area contributed by atoms with E-state index in [9.17, 15) is 4.79 Å². The number of nitrogens with one attached hydrogen (secondary N) is 1. The second-order valence-corrected chi connectivity index (χ2v) is 4.67. The van der Waals surface area contributed by atoms with Gasteiger partial charge in [0.25, 0.3) is 5.91 Å². The van der Waals surface area contributed by atoms with Gasteiger partial charge in [-0.15, -0.1) is 6.42 Å². The predicted octanol–water partition coefficient (Wildman–Crippen LogP) is 2.29. The zero-order valence-electron chi connectivity index (χ0n) is 7.38. The first-order valence-corrected chi connectivity index (χ1v) is 5.63. The smallest absolute Gasteiger partial charge is 0.258 e. The van der Waals surface area contributed by atoms with Gasteiger partial charge < -0.3 is 10.1 Å². The maximum Gasteiger partial charge on any atom is 0.258 e. The summed E-state index contributed by atoms with van der Waals surface area (Å²) in [7, 11) is 0. The van der Waals surface area contributed by atoms with Crippen LogP contribution in [0.25, 0.3) is 0 Å². The van der Waals surface area contributed by atoms with E-state index in [1.807, 2.05) is 0 Å². The van der Waals surface area contributed by atoms with Crippen LogP contribution in [0.4, 0.5) is 0 Å². The van der Waals surface area contributed by atoms with Crippen molar-refractivity contribution in [3.05, 3.63) is 26.6 Å². The van der Waals surface area contributed by atoms with E-state index in [4.69, 9.17) is 11.2 Å². The highest BCUT2D eigenvalue weighted by molar-refractivity contribution is 9.11. The third-order valence-corrected chi connectivity index (χ3v) is 2.95. The number of amides is 1. The zero-order valence-corrected chi connectivity index (χ0v) is 10.6. The van der Waals surface area contributed by atoms with E-state index >= 15 is 0 Å². The molecule has 1 unspecified atom stereocenters. The maximum absolute atomic E-state index is 11.6. The Morgan fingerprint density at radius 3 is 2.87 bits per heavy atom. The van der Waals surface area contributed by atoms with Gasteiger partial charge in [-0.05, 0) is 34.0 Å². The highest BCUT2D eigenvalue weighted by Gasteiger charge is 2.26. The average molecular weight is 331 g/mol. The lowest BCUT2D eigenvalue weighted by atomic mass is 10.1. The van der Waals surface area contributed by atoms with Crippen LogP contribution in [0.5, 0.6) is 5.75 Å². The molecule has 15 heavy (non-hydrogen) atoms. The van der Waals surface area contributed by atoms with Crippen LogP contribution >= 0.6 is 31.9 Å². The van der Waals surface area contributed by atoms with Crippen molar-refractivity contribution in [3.63, 3.8) is 0 Å². The van der Waals surface area contributed by atoms with E-state index in [1.54, 1.807) is 12.1 Å². The van der Waals surface area contributed by atoms with E-state index in [0.29, 0.717) is 15.8 Å². The first-order valence-electron chi connectivity index (χ1n) is 4.04. The van der Waals surface area contributed by atoms with Crippen LogP contribution < -0.4 is 10.1 Å².